The molecule has 1 atom stereocenters. The second kappa shape index (κ2) is 7.98. The first-order valence-electron chi connectivity index (χ1n) is 9.67. The van der Waals surface area contributed by atoms with Crippen LogP contribution in [0.15, 0.2) is 18.2 Å². The molecular formula is C20H29N3O2. The minimum absolute atomic E-state index is 0.0338. The van der Waals surface area contributed by atoms with Gasteiger partial charge in [0.25, 0.3) is 11.8 Å². The monoisotopic (exact) mass is 343 g/mol. The zero-order valence-electron chi connectivity index (χ0n) is 15.4. The molecule has 2 aliphatic heterocycles. The van der Waals surface area contributed by atoms with Gasteiger partial charge in [-0.25, -0.2) is 4.98 Å². The highest BCUT2D eigenvalue weighted by atomic mass is 16.2. The van der Waals surface area contributed by atoms with Crippen molar-refractivity contribution < 1.29 is 9.59 Å². The summed E-state index contributed by atoms with van der Waals surface area (Å²) in [6.07, 6.45) is 6.34. The summed E-state index contributed by atoms with van der Waals surface area (Å²) >= 11 is 0. The number of pyridine rings is 1. The molecule has 3 rings (SSSR count). The van der Waals surface area contributed by atoms with Crippen LogP contribution in [0.25, 0.3) is 0 Å². The zero-order valence-corrected chi connectivity index (χ0v) is 15.4. The maximum absolute atomic E-state index is 12.9. The number of amides is 2. The molecule has 0 spiro atoms. The van der Waals surface area contributed by atoms with Crippen LogP contribution in [0.5, 0.6) is 0 Å². The van der Waals surface area contributed by atoms with Crippen LogP contribution < -0.4 is 0 Å². The molecule has 2 aliphatic rings. The summed E-state index contributed by atoms with van der Waals surface area (Å²) in [5, 5.41) is 0. The maximum atomic E-state index is 12.9. The number of carbonyl (C=O) groups excluding carboxylic acids is 2. The van der Waals surface area contributed by atoms with Crippen molar-refractivity contribution in [2.45, 2.75) is 58.4 Å². The summed E-state index contributed by atoms with van der Waals surface area (Å²) < 4.78 is 0. The smallest absolute Gasteiger partial charge is 0.272 e. The predicted molar refractivity (Wildman–Crippen MR) is 97.5 cm³/mol. The Bertz CT molecular complexity index is 623. The summed E-state index contributed by atoms with van der Waals surface area (Å²) in [5.74, 6) is 0.593. The largest absolute Gasteiger partial charge is 0.337 e. The molecule has 0 N–H and O–H groups in total. The van der Waals surface area contributed by atoms with Gasteiger partial charge >= 0.3 is 0 Å². The summed E-state index contributed by atoms with van der Waals surface area (Å²) in [7, 11) is 0. The Kier molecular flexibility index (Phi) is 5.71. The van der Waals surface area contributed by atoms with Gasteiger partial charge in [0.05, 0.1) is 0 Å². The van der Waals surface area contributed by atoms with E-state index in [-0.39, 0.29) is 11.8 Å². The molecule has 2 fully saturated rings. The van der Waals surface area contributed by atoms with Gasteiger partial charge in [-0.1, -0.05) is 19.9 Å². The van der Waals surface area contributed by atoms with Crippen LogP contribution in [0.4, 0.5) is 0 Å². The van der Waals surface area contributed by atoms with E-state index < -0.39 is 0 Å². The van der Waals surface area contributed by atoms with Crippen molar-refractivity contribution in [1.29, 1.82) is 0 Å². The third-order valence-corrected chi connectivity index (χ3v) is 5.62. The molecule has 0 aromatic carbocycles. The molecule has 1 aromatic rings. The minimum atomic E-state index is -0.0489. The average Bonchev–Trinajstić information content (AvgIpc) is 2.67. The Labute approximate surface area is 150 Å². The van der Waals surface area contributed by atoms with E-state index in [1.807, 2.05) is 9.80 Å². The van der Waals surface area contributed by atoms with Gasteiger partial charge in [-0.3, -0.25) is 9.59 Å². The van der Waals surface area contributed by atoms with E-state index in [9.17, 15) is 9.59 Å². The van der Waals surface area contributed by atoms with Crippen molar-refractivity contribution in [3.05, 3.63) is 29.6 Å². The second-order valence-electron chi connectivity index (χ2n) is 7.44. The van der Waals surface area contributed by atoms with Crippen molar-refractivity contribution in [2.24, 2.45) is 5.92 Å². The van der Waals surface area contributed by atoms with Crippen LogP contribution in [-0.4, -0.2) is 52.3 Å². The zero-order chi connectivity index (χ0) is 17.8. The van der Waals surface area contributed by atoms with Crippen molar-refractivity contribution in [2.75, 3.05) is 19.6 Å². The van der Waals surface area contributed by atoms with Gasteiger partial charge in [-0.05, 0) is 56.6 Å². The molecule has 0 bridgehead atoms. The molecule has 2 amide bonds. The molecule has 2 saturated heterocycles. The first kappa shape index (κ1) is 17.9. The molecule has 0 saturated carbocycles. The first-order valence-corrected chi connectivity index (χ1v) is 9.67. The SMILES string of the molecule is CCC1CCCCN1C(=O)c1cccc(C(=O)N2CCC(C)CC2)n1. The van der Waals surface area contributed by atoms with E-state index in [1.54, 1.807) is 18.2 Å². The molecular weight excluding hydrogens is 314 g/mol. The number of rotatable bonds is 3. The number of likely N-dealkylation sites (tertiary alicyclic amines) is 2. The van der Waals surface area contributed by atoms with E-state index >= 15 is 0 Å². The van der Waals surface area contributed by atoms with Gasteiger partial charge in [0.1, 0.15) is 11.4 Å². The molecule has 3 heterocycles. The summed E-state index contributed by atoms with van der Waals surface area (Å²) in [5.41, 5.74) is 0.794. The van der Waals surface area contributed by atoms with Crippen LogP contribution in [0.2, 0.25) is 0 Å². The van der Waals surface area contributed by atoms with E-state index in [1.165, 1.54) is 6.42 Å². The lowest BCUT2D eigenvalue weighted by Crippen LogP contribution is -2.44. The van der Waals surface area contributed by atoms with Crippen molar-refractivity contribution in [1.82, 2.24) is 14.8 Å². The van der Waals surface area contributed by atoms with Gasteiger partial charge in [-0.2, -0.15) is 0 Å². The number of nitrogens with zero attached hydrogens (tertiary/aromatic N) is 3. The maximum Gasteiger partial charge on any atom is 0.272 e. The Morgan fingerprint density at radius 1 is 1.04 bits per heavy atom. The lowest BCUT2D eigenvalue weighted by atomic mass is 9.99. The van der Waals surface area contributed by atoms with Gasteiger partial charge in [-0.15, -0.1) is 0 Å². The molecule has 1 unspecified atom stereocenters. The third-order valence-electron chi connectivity index (χ3n) is 5.62. The highest BCUT2D eigenvalue weighted by molar-refractivity contribution is 5.96. The highest BCUT2D eigenvalue weighted by Gasteiger charge is 2.28. The van der Waals surface area contributed by atoms with E-state index in [0.717, 1.165) is 51.7 Å². The Morgan fingerprint density at radius 2 is 1.72 bits per heavy atom. The molecule has 5 nitrogen and oxygen atoms in total. The van der Waals surface area contributed by atoms with E-state index in [4.69, 9.17) is 0 Å². The van der Waals surface area contributed by atoms with Gasteiger partial charge in [0.2, 0.25) is 0 Å². The average molecular weight is 343 g/mol. The lowest BCUT2D eigenvalue weighted by molar-refractivity contribution is 0.0601. The van der Waals surface area contributed by atoms with Gasteiger partial charge < -0.3 is 9.80 Å². The number of carbonyl (C=O) groups is 2. The highest BCUT2D eigenvalue weighted by Crippen LogP contribution is 2.22. The second-order valence-corrected chi connectivity index (χ2v) is 7.44. The number of piperidine rings is 2. The van der Waals surface area contributed by atoms with Crippen molar-refractivity contribution in [3.63, 3.8) is 0 Å². The molecule has 136 valence electrons. The molecule has 25 heavy (non-hydrogen) atoms. The Hall–Kier alpha value is -1.91. The molecule has 1 aromatic heterocycles. The summed E-state index contributed by atoms with van der Waals surface area (Å²) in [4.78, 5) is 33.9. The Morgan fingerprint density at radius 3 is 2.40 bits per heavy atom. The van der Waals surface area contributed by atoms with Gasteiger partial charge in [0.15, 0.2) is 0 Å². The molecule has 0 radical (unpaired) electrons. The normalized spacial score (nSPS) is 22.1. The van der Waals surface area contributed by atoms with Crippen LogP contribution in [0, 0.1) is 5.92 Å². The fraction of sp³-hybridized carbons (Fsp3) is 0.650. The van der Waals surface area contributed by atoms with Crippen LogP contribution >= 0.6 is 0 Å². The fourth-order valence-electron chi connectivity index (χ4n) is 3.89. The van der Waals surface area contributed by atoms with Gasteiger partial charge in [0, 0.05) is 25.7 Å². The van der Waals surface area contributed by atoms with Crippen LogP contribution in [0.1, 0.15) is 73.3 Å². The quantitative estimate of drug-likeness (QED) is 0.845. The van der Waals surface area contributed by atoms with Crippen LogP contribution in [-0.2, 0) is 0 Å². The van der Waals surface area contributed by atoms with E-state index in [0.29, 0.717) is 23.3 Å². The summed E-state index contributed by atoms with van der Waals surface area (Å²) in [6.45, 7) is 6.71. The van der Waals surface area contributed by atoms with Crippen molar-refractivity contribution >= 4 is 11.8 Å². The number of hydrogen-bond acceptors (Lipinski definition) is 3. The minimum Gasteiger partial charge on any atom is -0.337 e. The third kappa shape index (κ3) is 4.02. The molecule has 5 heteroatoms. The fourth-order valence-corrected chi connectivity index (χ4v) is 3.89. The van der Waals surface area contributed by atoms with Crippen LogP contribution in [0.3, 0.4) is 0 Å². The van der Waals surface area contributed by atoms with Crippen molar-refractivity contribution in [3.8, 4) is 0 Å². The number of aromatic nitrogens is 1. The number of hydrogen-bond donors (Lipinski definition) is 0. The molecule has 0 aliphatic carbocycles. The summed E-state index contributed by atoms with van der Waals surface area (Å²) in [6, 6.07) is 5.54. The Balaban J connectivity index is 1.74. The topological polar surface area (TPSA) is 53.5 Å². The lowest BCUT2D eigenvalue weighted by Gasteiger charge is -2.35. The van der Waals surface area contributed by atoms with E-state index in [2.05, 4.69) is 18.8 Å². The first-order chi connectivity index (χ1) is 12.1. The standard InChI is InChI=1S/C20H29N3O2/c1-3-16-7-4-5-12-23(16)20(25)18-9-6-8-17(21-18)19(24)22-13-10-15(2)11-14-22/h6,8-9,15-16H,3-5,7,10-14H2,1-2H3. The predicted octanol–water partition coefficient (Wildman–Crippen LogP) is 3.36.